The Bertz CT molecular complexity index is 474. The molecule has 1 amide bonds. The number of aryl methyl sites for hydroxylation is 1. The molecule has 1 aromatic heterocycles. The number of amides is 1. The third kappa shape index (κ3) is 4.82. The summed E-state index contributed by atoms with van der Waals surface area (Å²) in [4.78, 5) is 16.4. The molecule has 2 saturated carbocycles. The summed E-state index contributed by atoms with van der Waals surface area (Å²) in [5.41, 5.74) is 0. The molecule has 5 heteroatoms. The first-order valence-electron chi connectivity index (χ1n) is 8.93. The van der Waals surface area contributed by atoms with Gasteiger partial charge < -0.3 is 9.84 Å². The lowest BCUT2D eigenvalue weighted by Crippen LogP contribution is -2.35. The third-order valence-corrected chi connectivity index (χ3v) is 4.69. The van der Waals surface area contributed by atoms with Crippen molar-refractivity contribution in [1.29, 1.82) is 0 Å². The maximum atomic E-state index is 12.0. The summed E-state index contributed by atoms with van der Waals surface area (Å²) >= 11 is 0. The fourth-order valence-corrected chi connectivity index (χ4v) is 3.18. The molecule has 0 aliphatic heterocycles. The minimum atomic E-state index is 0.174. The molecule has 122 valence electrons. The van der Waals surface area contributed by atoms with Crippen molar-refractivity contribution in [1.82, 2.24) is 15.5 Å². The van der Waals surface area contributed by atoms with E-state index >= 15 is 0 Å². The highest BCUT2D eigenvalue weighted by molar-refractivity contribution is 5.76. The smallest absolute Gasteiger partial charge is 0.226 e. The molecule has 1 heterocycles. The van der Waals surface area contributed by atoms with Gasteiger partial charge in [-0.25, -0.2) is 0 Å². The van der Waals surface area contributed by atoms with Crippen LogP contribution >= 0.6 is 0 Å². The minimum absolute atomic E-state index is 0.174. The summed E-state index contributed by atoms with van der Waals surface area (Å²) in [6, 6.07) is 0.387. The third-order valence-electron chi connectivity index (χ3n) is 4.69. The number of nitrogens with zero attached hydrogens (tertiary/aromatic N) is 2. The number of carbonyl (C=O) groups is 1. The molecule has 0 bridgehead atoms. The average molecular weight is 305 g/mol. The van der Waals surface area contributed by atoms with Crippen molar-refractivity contribution in [2.75, 3.05) is 0 Å². The minimum Gasteiger partial charge on any atom is -0.353 e. The van der Waals surface area contributed by atoms with E-state index < -0.39 is 0 Å². The molecular weight excluding hydrogens is 278 g/mol. The van der Waals surface area contributed by atoms with Crippen LogP contribution in [0.2, 0.25) is 0 Å². The van der Waals surface area contributed by atoms with Gasteiger partial charge in [-0.15, -0.1) is 0 Å². The zero-order chi connectivity index (χ0) is 15.2. The highest BCUT2D eigenvalue weighted by atomic mass is 16.5. The molecule has 0 unspecified atom stereocenters. The van der Waals surface area contributed by atoms with E-state index in [4.69, 9.17) is 4.52 Å². The second-order valence-electron chi connectivity index (χ2n) is 6.78. The van der Waals surface area contributed by atoms with Gasteiger partial charge in [0.1, 0.15) is 0 Å². The number of hydrogen-bond acceptors (Lipinski definition) is 4. The summed E-state index contributed by atoms with van der Waals surface area (Å²) in [5, 5.41) is 7.20. The summed E-state index contributed by atoms with van der Waals surface area (Å²) in [6.07, 6.45) is 13.2. The van der Waals surface area contributed by atoms with Crippen LogP contribution in [0, 0.1) is 0 Å². The van der Waals surface area contributed by atoms with E-state index in [1.807, 2.05) is 0 Å². The molecular formula is C17H27N3O2. The first-order valence-corrected chi connectivity index (χ1v) is 8.93. The zero-order valence-corrected chi connectivity index (χ0v) is 13.4. The van der Waals surface area contributed by atoms with Crippen molar-refractivity contribution in [3.63, 3.8) is 0 Å². The fourth-order valence-electron chi connectivity index (χ4n) is 3.18. The van der Waals surface area contributed by atoms with Gasteiger partial charge in [0.05, 0.1) is 0 Å². The van der Waals surface area contributed by atoms with Gasteiger partial charge in [-0.1, -0.05) is 37.3 Å². The quantitative estimate of drug-likeness (QED) is 0.873. The van der Waals surface area contributed by atoms with Crippen molar-refractivity contribution in [3.05, 3.63) is 11.7 Å². The van der Waals surface area contributed by atoms with Crippen LogP contribution in [0.15, 0.2) is 4.52 Å². The predicted octanol–water partition coefficient (Wildman–Crippen LogP) is 3.50. The number of carbonyl (C=O) groups excluding carboxylic acids is 1. The lowest BCUT2D eigenvalue weighted by atomic mass is 9.96. The first kappa shape index (κ1) is 15.5. The summed E-state index contributed by atoms with van der Waals surface area (Å²) < 4.78 is 5.24. The van der Waals surface area contributed by atoms with Crippen LogP contribution in [0.3, 0.4) is 0 Å². The van der Waals surface area contributed by atoms with E-state index in [0.717, 1.165) is 25.1 Å². The molecule has 0 atom stereocenters. The van der Waals surface area contributed by atoms with Gasteiger partial charge in [0.25, 0.3) is 0 Å². The Balaban J connectivity index is 1.34. The summed E-state index contributed by atoms with van der Waals surface area (Å²) in [5.74, 6) is 2.24. The molecule has 0 saturated heterocycles. The monoisotopic (exact) mass is 305 g/mol. The van der Waals surface area contributed by atoms with Gasteiger partial charge in [0.2, 0.25) is 11.8 Å². The normalized spacial score (nSPS) is 20.4. The van der Waals surface area contributed by atoms with Crippen LogP contribution in [0.25, 0.3) is 0 Å². The van der Waals surface area contributed by atoms with Gasteiger partial charge in [-0.3, -0.25) is 4.79 Å². The Morgan fingerprint density at radius 3 is 2.55 bits per heavy atom. The van der Waals surface area contributed by atoms with Crippen LogP contribution in [0.5, 0.6) is 0 Å². The summed E-state index contributed by atoms with van der Waals surface area (Å²) in [6.45, 7) is 0. The zero-order valence-electron chi connectivity index (χ0n) is 13.4. The van der Waals surface area contributed by atoms with Gasteiger partial charge >= 0.3 is 0 Å². The fraction of sp³-hybridized carbons (Fsp3) is 0.824. The standard InChI is InChI=1S/C17H27N3O2/c21-15(18-14-7-4-2-1-3-5-8-14)9-6-10-16-19-17(20-22-16)13-11-12-13/h13-14H,1-12H2,(H,18,21). The Morgan fingerprint density at radius 2 is 1.82 bits per heavy atom. The van der Waals surface area contributed by atoms with Crippen LogP contribution in [-0.4, -0.2) is 22.1 Å². The van der Waals surface area contributed by atoms with E-state index in [1.165, 1.54) is 44.9 Å². The van der Waals surface area contributed by atoms with Gasteiger partial charge in [-0.2, -0.15) is 4.98 Å². The second-order valence-corrected chi connectivity index (χ2v) is 6.78. The predicted molar refractivity (Wildman–Crippen MR) is 83.5 cm³/mol. The lowest BCUT2D eigenvalue weighted by molar-refractivity contribution is -0.122. The van der Waals surface area contributed by atoms with Gasteiger partial charge in [0, 0.05) is 24.8 Å². The molecule has 2 fully saturated rings. The molecule has 3 rings (SSSR count). The molecule has 1 aromatic rings. The van der Waals surface area contributed by atoms with E-state index in [2.05, 4.69) is 15.5 Å². The highest BCUT2D eigenvalue weighted by Gasteiger charge is 2.28. The molecule has 0 spiro atoms. The Morgan fingerprint density at radius 1 is 1.09 bits per heavy atom. The Kier molecular flexibility index (Phi) is 5.46. The lowest BCUT2D eigenvalue weighted by Gasteiger charge is -2.20. The van der Waals surface area contributed by atoms with E-state index in [-0.39, 0.29) is 5.91 Å². The maximum Gasteiger partial charge on any atom is 0.226 e. The second kappa shape index (κ2) is 7.75. The number of nitrogens with one attached hydrogen (secondary N) is 1. The largest absolute Gasteiger partial charge is 0.353 e. The topological polar surface area (TPSA) is 68.0 Å². The van der Waals surface area contributed by atoms with Crippen molar-refractivity contribution in [2.24, 2.45) is 0 Å². The summed E-state index contributed by atoms with van der Waals surface area (Å²) in [7, 11) is 0. The number of hydrogen-bond donors (Lipinski definition) is 1. The Hall–Kier alpha value is -1.39. The van der Waals surface area contributed by atoms with Crippen LogP contribution in [0.4, 0.5) is 0 Å². The first-order chi connectivity index (χ1) is 10.8. The Labute approximate surface area is 132 Å². The number of aromatic nitrogens is 2. The molecule has 5 nitrogen and oxygen atoms in total. The maximum absolute atomic E-state index is 12.0. The van der Waals surface area contributed by atoms with Crippen LogP contribution in [0.1, 0.15) is 88.3 Å². The molecule has 2 aliphatic carbocycles. The van der Waals surface area contributed by atoms with E-state index in [0.29, 0.717) is 30.7 Å². The molecule has 1 N–H and O–H groups in total. The molecule has 0 radical (unpaired) electrons. The highest BCUT2D eigenvalue weighted by Crippen LogP contribution is 2.38. The van der Waals surface area contributed by atoms with Gasteiger partial charge in [0.15, 0.2) is 5.82 Å². The van der Waals surface area contributed by atoms with Crippen LogP contribution < -0.4 is 5.32 Å². The van der Waals surface area contributed by atoms with Crippen LogP contribution in [-0.2, 0) is 11.2 Å². The van der Waals surface area contributed by atoms with Crippen molar-refractivity contribution in [3.8, 4) is 0 Å². The number of rotatable bonds is 6. The molecule has 0 aromatic carbocycles. The van der Waals surface area contributed by atoms with Crippen molar-refractivity contribution >= 4 is 5.91 Å². The molecule has 22 heavy (non-hydrogen) atoms. The average Bonchev–Trinajstić information content (AvgIpc) is 3.22. The molecule has 2 aliphatic rings. The van der Waals surface area contributed by atoms with Gasteiger partial charge in [-0.05, 0) is 32.1 Å². The van der Waals surface area contributed by atoms with E-state index in [1.54, 1.807) is 0 Å². The van der Waals surface area contributed by atoms with Crippen molar-refractivity contribution < 1.29 is 9.32 Å². The van der Waals surface area contributed by atoms with E-state index in [9.17, 15) is 4.79 Å². The SMILES string of the molecule is O=C(CCCc1nc(C2CC2)no1)NC1CCCCCCC1. The van der Waals surface area contributed by atoms with Crippen molar-refractivity contribution in [2.45, 2.75) is 89.0 Å².